The lowest BCUT2D eigenvalue weighted by Gasteiger charge is -2.06. The van der Waals surface area contributed by atoms with Crippen LogP contribution in [-0.4, -0.2) is 15.2 Å². The highest BCUT2D eigenvalue weighted by atomic mass is 19.1. The number of nitrogens with zero attached hydrogens (tertiary/aromatic N) is 2. The minimum atomic E-state index is -0.355. The number of hydrogen-bond donors (Lipinski definition) is 2. The maximum absolute atomic E-state index is 12.8. The lowest BCUT2D eigenvalue weighted by atomic mass is 10.0. The Morgan fingerprint density at radius 1 is 1.41 bits per heavy atom. The van der Waals surface area contributed by atoms with Crippen molar-refractivity contribution < 1.29 is 4.39 Å². The van der Waals surface area contributed by atoms with Gasteiger partial charge in [-0.1, -0.05) is 13.8 Å². The molecule has 0 unspecified atom stereocenters. The van der Waals surface area contributed by atoms with Gasteiger partial charge in [0.2, 0.25) is 0 Å². The monoisotopic (exact) mass is 234 g/mol. The third kappa shape index (κ3) is 2.43. The average molecular weight is 234 g/mol. The molecule has 2 heterocycles. The first kappa shape index (κ1) is 11.6. The Hall–Kier alpha value is -1.91. The molecule has 0 aromatic carbocycles. The Balaban J connectivity index is 2.41. The Bertz CT molecular complexity index is 502. The molecule has 2 aromatic heterocycles. The van der Waals surface area contributed by atoms with Gasteiger partial charge in [0.1, 0.15) is 11.6 Å². The summed E-state index contributed by atoms with van der Waals surface area (Å²) in [7, 11) is 0. The maximum Gasteiger partial charge on any atom is 0.149 e. The molecule has 0 spiro atoms. The van der Waals surface area contributed by atoms with Crippen LogP contribution in [-0.2, 0) is 6.42 Å². The molecule has 2 rings (SSSR count). The van der Waals surface area contributed by atoms with Gasteiger partial charge in [0, 0.05) is 5.56 Å². The highest BCUT2D eigenvalue weighted by Gasteiger charge is 2.14. The molecular weight excluding hydrogens is 219 g/mol. The highest BCUT2D eigenvalue weighted by molar-refractivity contribution is 5.64. The van der Waals surface area contributed by atoms with Crippen LogP contribution in [0.1, 0.15) is 19.4 Å². The SMILES string of the molecule is CC(C)Cc1c(N)n[nH]c1-c1ccc(F)cn1. The second kappa shape index (κ2) is 4.53. The van der Waals surface area contributed by atoms with Crippen molar-refractivity contribution in [3.63, 3.8) is 0 Å². The number of pyridine rings is 1. The molecule has 0 bridgehead atoms. The normalized spacial score (nSPS) is 11.1. The standard InChI is InChI=1S/C12H15FN4/c1-7(2)5-9-11(16-17-12(9)14)10-4-3-8(13)6-15-10/h3-4,6-7H,5H2,1-2H3,(H3,14,16,17). The number of nitrogens with two attached hydrogens (primary N) is 1. The lowest BCUT2D eigenvalue weighted by Crippen LogP contribution is -1.99. The number of nitrogens with one attached hydrogen (secondary N) is 1. The van der Waals surface area contributed by atoms with E-state index in [-0.39, 0.29) is 5.82 Å². The zero-order chi connectivity index (χ0) is 12.4. The zero-order valence-corrected chi connectivity index (χ0v) is 9.87. The Labute approximate surface area is 99.1 Å². The Morgan fingerprint density at radius 3 is 2.76 bits per heavy atom. The molecule has 0 amide bonds. The summed E-state index contributed by atoms with van der Waals surface area (Å²) in [5.41, 5.74) is 8.19. The van der Waals surface area contributed by atoms with E-state index in [0.717, 1.165) is 17.7 Å². The van der Waals surface area contributed by atoms with Crippen LogP contribution in [0.4, 0.5) is 10.2 Å². The van der Waals surface area contributed by atoms with E-state index in [1.54, 1.807) is 6.07 Å². The van der Waals surface area contributed by atoms with E-state index in [0.29, 0.717) is 17.4 Å². The van der Waals surface area contributed by atoms with Crippen molar-refractivity contribution in [1.29, 1.82) is 0 Å². The zero-order valence-electron chi connectivity index (χ0n) is 9.87. The van der Waals surface area contributed by atoms with Crippen molar-refractivity contribution in [3.8, 4) is 11.4 Å². The number of hydrogen-bond acceptors (Lipinski definition) is 3. The van der Waals surface area contributed by atoms with Gasteiger partial charge in [-0.2, -0.15) is 5.10 Å². The molecule has 0 saturated carbocycles. The summed E-state index contributed by atoms with van der Waals surface area (Å²) in [5.74, 6) is 0.598. The molecular formula is C12H15FN4. The molecule has 5 heteroatoms. The summed E-state index contributed by atoms with van der Waals surface area (Å²) in [6, 6.07) is 2.99. The van der Waals surface area contributed by atoms with Gasteiger partial charge in [-0.15, -0.1) is 0 Å². The van der Waals surface area contributed by atoms with Crippen molar-refractivity contribution in [2.75, 3.05) is 5.73 Å². The number of aromatic amines is 1. The number of nitrogen functional groups attached to an aromatic ring is 1. The van der Waals surface area contributed by atoms with E-state index in [1.165, 1.54) is 12.3 Å². The van der Waals surface area contributed by atoms with Gasteiger partial charge in [-0.05, 0) is 24.5 Å². The summed E-state index contributed by atoms with van der Waals surface area (Å²) in [6.45, 7) is 4.21. The topological polar surface area (TPSA) is 67.6 Å². The molecule has 0 saturated heterocycles. The second-order valence-corrected chi connectivity index (χ2v) is 4.42. The Morgan fingerprint density at radius 2 is 2.18 bits per heavy atom. The summed E-state index contributed by atoms with van der Waals surface area (Å²) >= 11 is 0. The fraction of sp³-hybridized carbons (Fsp3) is 0.333. The van der Waals surface area contributed by atoms with Crippen LogP contribution in [0.2, 0.25) is 0 Å². The fourth-order valence-corrected chi connectivity index (χ4v) is 1.73. The maximum atomic E-state index is 12.8. The van der Waals surface area contributed by atoms with E-state index in [4.69, 9.17) is 5.73 Å². The first-order valence-corrected chi connectivity index (χ1v) is 5.52. The van der Waals surface area contributed by atoms with Crippen molar-refractivity contribution in [2.24, 2.45) is 5.92 Å². The van der Waals surface area contributed by atoms with Crippen molar-refractivity contribution in [1.82, 2.24) is 15.2 Å². The molecule has 90 valence electrons. The van der Waals surface area contributed by atoms with E-state index in [1.807, 2.05) is 0 Å². The average Bonchev–Trinajstić information content (AvgIpc) is 2.61. The molecule has 17 heavy (non-hydrogen) atoms. The molecule has 0 aliphatic carbocycles. The number of H-pyrrole nitrogens is 1. The van der Waals surface area contributed by atoms with Crippen LogP contribution in [0.5, 0.6) is 0 Å². The molecule has 0 radical (unpaired) electrons. The fourth-order valence-electron chi connectivity index (χ4n) is 1.73. The minimum absolute atomic E-state index is 0.355. The third-order valence-electron chi connectivity index (χ3n) is 2.50. The van der Waals surface area contributed by atoms with Gasteiger partial charge in [-0.3, -0.25) is 10.1 Å². The molecule has 0 fully saturated rings. The van der Waals surface area contributed by atoms with Crippen molar-refractivity contribution in [2.45, 2.75) is 20.3 Å². The largest absolute Gasteiger partial charge is 0.382 e. The van der Waals surface area contributed by atoms with Gasteiger partial charge in [0.15, 0.2) is 0 Å². The molecule has 0 aliphatic heterocycles. The van der Waals surface area contributed by atoms with Crippen molar-refractivity contribution in [3.05, 3.63) is 29.7 Å². The minimum Gasteiger partial charge on any atom is -0.382 e. The molecule has 0 atom stereocenters. The van der Waals surface area contributed by atoms with Gasteiger partial charge < -0.3 is 5.73 Å². The number of halogens is 1. The van der Waals surface area contributed by atoms with Gasteiger partial charge in [-0.25, -0.2) is 4.39 Å². The highest BCUT2D eigenvalue weighted by Crippen LogP contribution is 2.26. The van der Waals surface area contributed by atoms with E-state index < -0.39 is 0 Å². The number of aromatic nitrogens is 3. The Kier molecular flexibility index (Phi) is 3.08. The van der Waals surface area contributed by atoms with Crippen LogP contribution in [0.3, 0.4) is 0 Å². The van der Waals surface area contributed by atoms with Gasteiger partial charge >= 0.3 is 0 Å². The summed E-state index contributed by atoms with van der Waals surface area (Å²) in [6.07, 6.45) is 2.00. The van der Waals surface area contributed by atoms with Crippen LogP contribution in [0.25, 0.3) is 11.4 Å². The predicted molar refractivity (Wildman–Crippen MR) is 64.7 cm³/mol. The molecule has 4 nitrogen and oxygen atoms in total. The second-order valence-electron chi connectivity index (χ2n) is 4.42. The van der Waals surface area contributed by atoms with E-state index in [2.05, 4.69) is 29.0 Å². The van der Waals surface area contributed by atoms with Crippen LogP contribution >= 0.6 is 0 Å². The van der Waals surface area contributed by atoms with Gasteiger partial charge in [0.05, 0.1) is 17.6 Å². The first-order chi connectivity index (χ1) is 8.08. The van der Waals surface area contributed by atoms with Crippen LogP contribution in [0, 0.1) is 11.7 Å². The molecule has 3 N–H and O–H groups in total. The molecule has 2 aromatic rings. The quantitative estimate of drug-likeness (QED) is 0.856. The predicted octanol–water partition coefficient (Wildman–Crippen LogP) is 2.39. The van der Waals surface area contributed by atoms with Gasteiger partial charge in [0.25, 0.3) is 0 Å². The summed E-state index contributed by atoms with van der Waals surface area (Å²) < 4.78 is 12.8. The summed E-state index contributed by atoms with van der Waals surface area (Å²) in [4.78, 5) is 4.03. The lowest BCUT2D eigenvalue weighted by molar-refractivity contribution is 0.621. The first-order valence-electron chi connectivity index (χ1n) is 5.52. The van der Waals surface area contributed by atoms with Crippen molar-refractivity contribution >= 4 is 5.82 Å². The number of anilines is 1. The van der Waals surface area contributed by atoms with E-state index >= 15 is 0 Å². The van der Waals surface area contributed by atoms with Crippen LogP contribution in [0.15, 0.2) is 18.3 Å². The third-order valence-corrected chi connectivity index (χ3v) is 2.50. The van der Waals surface area contributed by atoms with E-state index in [9.17, 15) is 4.39 Å². The smallest absolute Gasteiger partial charge is 0.149 e. The number of rotatable bonds is 3. The summed E-state index contributed by atoms with van der Waals surface area (Å²) in [5, 5.41) is 6.84. The molecule has 0 aliphatic rings. The van der Waals surface area contributed by atoms with Crippen LogP contribution < -0.4 is 5.73 Å².